The van der Waals surface area contributed by atoms with Crippen LogP contribution < -0.4 is 0 Å². The lowest BCUT2D eigenvalue weighted by atomic mass is 9.86. The molecular formula is C12H22O4. The standard InChI is InChI=1S/C12H22O4/c1-3-10(15-9-13)11(14)16-12(2)7-5-4-6-8-12/h9-11,14H,3-8H2,1-2H3. The minimum atomic E-state index is -1.02. The van der Waals surface area contributed by atoms with Crippen molar-refractivity contribution in [2.45, 2.75) is 70.4 Å². The number of aliphatic hydroxyl groups excluding tert-OH is 1. The van der Waals surface area contributed by atoms with E-state index in [-0.39, 0.29) is 5.60 Å². The third kappa shape index (κ3) is 3.76. The molecule has 1 rings (SSSR count). The fraction of sp³-hybridized carbons (Fsp3) is 0.917. The molecule has 0 spiro atoms. The van der Waals surface area contributed by atoms with Gasteiger partial charge in [-0.25, -0.2) is 0 Å². The van der Waals surface area contributed by atoms with Crippen LogP contribution in [0.15, 0.2) is 0 Å². The summed E-state index contributed by atoms with van der Waals surface area (Å²) in [6.07, 6.45) is 4.40. The van der Waals surface area contributed by atoms with Gasteiger partial charge in [0.05, 0.1) is 5.60 Å². The number of carbonyl (C=O) groups is 1. The second-order valence-corrected chi connectivity index (χ2v) is 4.70. The highest BCUT2D eigenvalue weighted by atomic mass is 16.6. The van der Waals surface area contributed by atoms with Crippen molar-refractivity contribution in [1.29, 1.82) is 0 Å². The molecule has 0 radical (unpaired) electrons. The average Bonchev–Trinajstić information content (AvgIpc) is 2.26. The van der Waals surface area contributed by atoms with Crippen LogP contribution in [0.25, 0.3) is 0 Å². The fourth-order valence-electron chi connectivity index (χ4n) is 2.22. The number of rotatable bonds is 6. The maximum atomic E-state index is 10.3. The minimum Gasteiger partial charge on any atom is -0.459 e. The van der Waals surface area contributed by atoms with Gasteiger partial charge in [0.25, 0.3) is 6.47 Å². The second-order valence-electron chi connectivity index (χ2n) is 4.70. The van der Waals surface area contributed by atoms with Crippen LogP contribution in [0, 0.1) is 0 Å². The number of hydrogen-bond acceptors (Lipinski definition) is 4. The van der Waals surface area contributed by atoms with Gasteiger partial charge in [0.2, 0.25) is 0 Å². The molecule has 4 heteroatoms. The molecule has 0 aromatic heterocycles. The summed E-state index contributed by atoms with van der Waals surface area (Å²) in [7, 11) is 0. The summed E-state index contributed by atoms with van der Waals surface area (Å²) in [4.78, 5) is 10.3. The summed E-state index contributed by atoms with van der Waals surface area (Å²) in [6, 6.07) is 0. The smallest absolute Gasteiger partial charge is 0.293 e. The Morgan fingerprint density at radius 2 is 2.00 bits per heavy atom. The van der Waals surface area contributed by atoms with Crippen LogP contribution in [0.2, 0.25) is 0 Å². The lowest BCUT2D eigenvalue weighted by Gasteiger charge is -2.36. The van der Waals surface area contributed by atoms with E-state index < -0.39 is 12.4 Å². The molecule has 0 saturated heterocycles. The van der Waals surface area contributed by atoms with Gasteiger partial charge >= 0.3 is 0 Å². The molecule has 94 valence electrons. The first-order valence-corrected chi connectivity index (χ1v) is 6.06. The van der Waals surface area contributed by atoms with Gasteiger partial charge in [-0.3, -0.25) is 4.79 Å². The van der Waals surface area contributed by atoms with E-state index in [0.29, 0.717) is 12.9 Å². The summed E-state index contributed by atoms with van der Waals surface area (Å²) in [5.41, 5.74) is -0.267. The number of ether oxygens (including phenoxy) is 2. The summed E-state index contributed by atoms with van der Waals surface area (Å²) in [6.45, 7) is 4.23. The van der Waals surface area contributed by atoms with Crippen molar-refractivity contribution >= 4 is 6.47 Å². The molecule has 4 nitrogen and oxygen atoms in total. The van der Waals surface area contributed by atoms with Crippen LogP contribution in [0.5, 0.6) is 0 Å². The van der Waals surface area contributed by atoms with E-state index in [9.17, 15) is 9.90 Å². The predicted molar refractivity (Wildman–Crippen MR) is 59.8 cm³/mol. The third-order valence-corrected chi connectivity index (χ3v) is 3.27. The summed E-state index contributed by atoms with van der Waals surface area (Å²) in [5.74, 6) is 0. The molecule has 0 bridgehead atoms. The second kappa shape index (κ2) is 6.21. The first-order valence-electron chi connectivity index (χ1n) is 6.06. The molecule has 16 heavy (non-hydrogen) atoms. The molecule has 1 saturated carbocycles. The molecule has 0 aliphatic heterocycles. The van der Waals surface area contributed by atoms with E-state index in [1.54, 1.807) is 0 Å². The number of carbonyl (C=O) groups excluding carboxylic acids is 1. The molecule has 0 heterocycles. The highest BCUT2D eigenvalue weighted by molar-refractivity contribution is 5.37. The zero-order valence-corrected chi connectivity index (χ0v) is 10.1. The fourth-order valence-corrected chi connectivity index (χ4v) is 2.22. The Bertz CT molecular complexity index is 211. The zero-order valence-electron chi connectivity index (χ0n) is 10.1. The largest absolute Gasteiger partial charge is 0.459 e. The van der Waals surface area contributed by atoms with Gasteiger partial charge in [0.1, 0.15) is 0 Å². The van der Waals surface area contributed by atoms with E-state index in [2.05, 4.69) is 0 Å². The van der Waals surface area contributed by atoms with Crippen LogP contribution in [0.1, 0.15) is 52.4 Å². The molecule has 1 aliphatic carbocycles. The van der Waals surface area contributed by atoms with Gasteiger partial charge in [-0.15, -0.1) is 0 Å². The molecule has 0 aromatic carbocycles. The van der Waals surface area contributed by atoms with Gasteiger partial charge in [-0.05, 0) is 26.2 Å². The molecule has 1 fully saturated rings. The van der Waals surface area contributed by atoms with Gasteiger partial charge in [-0.1, -0.05) is 26.2 Å². The number of aliphatic hydroxyl groups is 1. The highest BCUT2D eigenvalue weighted by Gasteiger charge is 2.33. The molecular weight excluding hydrogens is 208 g/mol. The van der Waals surface area contributed by atoms with Gasteiger partial charge in [-0.2, -0.15) is 0 Å². The average molecular weight is 230 g/mol. The lowest BCUT2D eigenvalue weighted by Crippen LogP contribution is -2.41. The number of hydrogen-bond donors (Lipinski definition) is 1. The van der Waals surface area contributed by atoms with Crippen molar-refractivity contribution in [2.75, 3.05) is 0 Å². The van der Waals surface area contributed by atoms with E-state index in [1.165, 1.54) is 6.42 Å². The van der Waals surface area contributed by atoms with E-state index in [4.69, 9.17) is 9.47 Å². The van der Waals surface area contributed by atoms with Crippen LogP contribution in [-0.2, 0) is 14.3 Å². The Labute approximate surface area is 96.9 Å². The summed E-state index contributed by atoms with van der Waals surface area (Å²) >= 11 is 0. The first-order chi connectivity index (χ1) is 7.61. The van der Waals surface area contributed by atoms with Crippen molar-refractivity contribution in [2.24, 2.45) is 0 Å². The van der Waals surface area contributed by atoms with Crippen molar-refractivity contribution in [1.82, 2.24) is 0 Å². The molecule has 0 amide bonds. The predicted octanol–water partition coefficient (Wildman–Crippen LogP) is 2.00. The van der Waals surface area contributed by atoms with Gasteiger partial charge in [0, 0.05) is 0 Å². The quantitative estimate of drug-likeness (QED) is 0.560. The van der Waals surface area contributed by atoms with E-state index in [0.717, 1.165) is 25.7 Å². The van der Waals surface area contributed by atoms with Crippen molar-refractivity contribution in [3.8, 4) is 0 Å². The van der Waals surface area contributed by atoms with Crippen LogP contribution in [-0.4, -0.2) is 29.6 Å². The lowest BCUT2D eigenvalue weighted by molar-refractivity contribution is -0.232. The van der Waals surface area contributed by atoms with Crippen molar-refractivity contribution in [3.05, 3.63) is 0 Å². The third-order valence-electron chi connectivity index (χ3n) is 3.27. The Morgan fingerprint density at radius 1 is 1.38 bits per heavy atom. The van der Waals surface area contributed by atoms with Crippen LogP contribution >= 0.6 is 0 Å². The highest BCUT2D eigenvalue weighted by Crippen LogP contribution is 2.32. The SMILES string of the molecule is CCC(OC=O)C(O)OC1(C)CCCCC1. The first kappa shape index (κ1) is 13.5. The molecule has 2 atom stereocenters. The maximum Gasteiger partial charge on any atom is 0.293 e. The van der Waals surface area contributed by atoms with Crippen LogP contribution in [0.3, 0.4) is 0 Å². The summed E-state index contributed by atoms with van der Waals surface area (Å²) < 4.78 is 10.4. The minimum absolute atomic E-state index is 0.267. The van der Waals surface area contributed by atoms with Gasteiger partial charge in [0.15, 0.2) is 12.4 Å². The normalized spacial score (nSPS) is 23.4. The van der Waals surface area contributed by atoms with E-state index >= 15 is 0 Å². The topological polar surface area (TPSA) is 55.8 Å². The molecule has 0 aromatic rings. The Balaban J connectivity index is 2.46. The van der Waals surface area contributed by atoms with Gasteiger partial charge < -0.3 is 14.6 Å². The zero-order chi connectivity index (χ0) is 12.0. The molecule has 1 N–H and O–H groups in total. The van der Waals surface area contributed by atoms with Crippen LogP contribution in [0.4, 0.5) is 0 Å². The summed E-state index contributed by atoms with van der Waals surface area (Å²) in [5, 5.41) is 9.85. The molecule has 2 unspecified atom stereocenters. The Hall–Kier alpha value is -0.610. The monoisotopic (exact) mass is 230 g/mol. The Kier molecular flexibility index (Phi) is 5.22. The Morgan fingerprint density at radius 3 is 2.50 bits per heavy atom. The molecule has 1 aliphatic rings. The maximum absolute atomic E-state index is 10.3. The van der Waals surface area contributed by atoms with E-state index in [1.807, 2.05) is 13.8 Å². The van der Waals surface area contributed by atoms with Crippen molar-refractivity contribution < 1.29 is 19.4 Å². The van der Waals surface area contributed by atoms with Crippen molar-refractivity contribution in [3.63, 3.8) is 0 Å².